The smallest absolute Gasteiger partial charge is 0.0624 e. The summed E-state index contributed by atoms with van der Waals surface area (Å²) >= 11 is 6.08. The molecule has 0 bridgehead atoms. The second kappa shape index (κ2) is 5.23. The summed E-state index contributed by atoms with van der Waals surface area (Å²) in [5.74, 6) is 0. The van der Waals surface area contributed by atoms with Crippen LogP contribution in [0.4, 0.5) is 0 Å². The van der Waals surface area contributed by atoms with Gasteiger partial charge in [0.05, 0.1) is 5.02 Å². The van der Waals surface area contributed by atoms with E-state index < -0.39 is 0 Å². The van der Waals surface area contributed by atoms with Crippen LogP contribution in [0, 0.1) is 0 Å². The Bertz CT molecular complexity index is 271. The third-order valence-electron chi connectivity index (χ3n) is 2.11. The van der Waals surface area contributed by atoms with Gasteiger partial charge in [-0.05, 0) is 24.0 Å². The summed E-state index contributed by atoms with van der Waals surface area (Å²) in [6.45, 7) is 4.35. The van der Waals surface area contributed by atoms with Crippen LogP contribution in [0.3, 0.4) is 0 Å². The van der Waals surface area contributed by atoms with Crippen LogP contribution in [0.2, 0.25) is 5.02 Å². The first-order valence-electron chi connectivity index (χ1n) is 4.90. The van der Waals surface area contributed by atoms with E-state index in [2.05, 4.69) is 18.8 Å². The number of halogens is 1. The Balaban J connectivity index is 2.95. The van der Waals surface area contributed by atoms with Gasteiger partial charge in [0.25, 0.3) is 0 Å². The predicted molar refractivity (Wildman–Crippen MR) is 57.2 cm³/mol. The maximum atomic E-state index is 6.08. The molecule has 1 heterocycles. The zero-order valence-corrected chi connectivity index (χ0v) is 9.06. The van der Waals surface area contributed by atoms with Crippen LogP contribution in [0.5, 0.6) is 0 Å². The quantitative estimate of drug-likeness (QED) is 0.718. The fourth-order valence-corrected chi connectivity index (χ4v) is 1.79. The lowest BCUT2D eigenvalue weighted by Crippen LogP contribution is -1.96. The van der Waals surface area contributed by atoms with E-state index >= 15 is 0 Å². The second-order valence-corrected chi connectivity index (χ2v) is 3.67. The zero-order chi connectivity index (χ0) is 9.68. The van der Waals surface area contributed by atoms with Crippen LogP contribution in [-0.4, -0.2) is 4.98 Å². The summed E-state index contributed by atoms with van der Waals surface area (Å²) in [6.07, 6.45) is 8.13. The zero-order valence-electron chi connectivity index (χ0n) is 8.31. The van der Waals surface area contributed by atoms with Crippen LogP contribution in [0.1, 0.15) is 37.8 Å². The third kappa shape index (κ3) is 2.70. The predicted octanol–water partition coefficient (Wildman–Crippen LogP) is 3.64. The van der Waals surface area contributed by atoms with Crippen molar-refractivity contribution < 1.29 is 0 Å². The summed E-state index contributed by atoms with van der Waals surface area (Å²) < 4.78 is 0. The molecule has 0 saturated heterocycles. The maximum Gasteiger partial charge on any atom is 0.0624 e. The Morgan fingerprint density at radius 1 is 1.15 bits per heavy atom. The van der Waals surface area contributed by atoms with Gasteiger partial charge in [0, 0.05) is 12.4 Å². The highest BCUT2D eigenvalue weighted by atomic mass is 35.5. The average Bonchev–Trinajstić information content (AvgIpc) is 2.11. The van der Waals surface area contributed by atoms with Crippen molar-refractivity contribution in [2.75, 3.05) is 0 Å². The van der Waals surface area contributed by atoms with Crippen molar-refractivity contribution in [3.8, 4) is 0 Å². The van der Waals surface area contributed by atoms with E-state index in [9.17, 15) is 0 Å². The summed E-state index contributed by atoms with van der Waals surface area (Å²) in [4.78, 5) is 4.11. The van der Waals surface area contributed by atoms with E-state index in [1.54, 1.807) is 6.20 Å². The second-order valence-electron chi connectivity index (χ2n) is 3.26. The van der Waals surface area contributed by atoms with Gasteiger partial charge in [-0.15, -0.1) is 0 Å². The standard InChI is InChI=1S/C11H16ClN/c1-3-5-9-7-13-8-11(12)10(9)6-4-2/h7-8H,3-6H2,1-2H3. The van der Waals surface area contributed by atoms with Gasteiger partial charge < -0.3 is 0 Å². The van der Waals surface area contributed by atoms with Crippen LogP contribution < -0.4 is 0 Å². The van der Waals surface area contributed by atoms with Crippen molar-refractivity contribution in [2.45, 2.75) is 39.5 Å². The first kappa shape index (κ1) is 10.5. The summed E-state index contributed by atoms with van der Waals surface area (Å²) in [5, 5.41) is 0.827. The molecule has 0 N–H and O–H groups in total. The topological polar surface area (TPSA) is 12.9 Å². The molecule has 13 heavy (non-hydrogen) atoms. The van der Waals surface area contributed by atoms with Crippen molar-refractivity contribution in [2.24, 2.45) is 0 Å². The molecule has 0 amide bonds. The molecule has 0 saturated carbocycles. The third-order valence-corrected chi connectivity index (χ3v) is 2.44. The van der Waals surface area contributed by atoms with Gasteiger partial charge in [-0.25, -0.2) is 0 Å². The fraction of sp³-hybridized carbons (Fsp3) is 0.545. The average molecular weight is 198 g/mol. The summed E-state index contributed by atoms with van der Waals surface area (Å²) in [7, 11) is 0. The summed E-state index contributed by atoms with van der Waals surface area (Å²) in [5.41, 5.74) is 2.61. The lowest BCUT2D eigenvalue weighted by atomic mass is 10.0. The molecule has 0 fully saturated rings. The van der Waals surface area contributed by atoms with E-state index in [4.69, 9.17) is 11.6 Å². The van der Waals surface area contributed by atoms with E-state index in [1.807, 2.05) is 6.20 Å². The minimum atomic E-state index is 0.827. The molecule has 0 aliphatic heterocycles. The minimum Gasteiger partial charge on any atom is -0.263 e. The van der Waals surface area contributed by atoms with Crippen LogP contribution in [0.15, 0.2) is 12.4 Å². The van der Waals surface area contributed by atoms with E-state index in [0.29, 0.717) is 0 Å². The SMILES string of the molecule is CCCc1cncc(Cl)c1CCC. The fourth-order valence-electron chi connectivity index (χ4n) is 1.52. The van der Waals surface area contributed by atoms with Gasteiger partial charge in [-0.2, -0.15) is 0 Å². The molecule has 1 rings (SSSR count). The Morgan fingerprint density at radius 2 is 1.85 bits per heavy atom. The van der Waals surface area contributed by atoms with Gasteiger partial charge in [0.1, 0.15) is 0 Å². The van der Waals surface area contributed by atoms with E-state index in [1.165, 1.54) is 11.1 Å². The number of rotatable bonds is 4. The molecule has 1 aromatic rings. The first-order valence-corrected chi connectivity index (χ1v) is 5.28. The van der Waals surface area contributed by atoms with Gasteiger partial charge in [-0.1, -0.05) is 38.3 Å². The molecular weight excluding hydrogens is 182 g/mol. The normalized spacial score (nSPS) is 10.4. The van der Waals surface area contributed by atoms with Gasteiger partial charge in [0.2, 0.25) is 0 Å². The molecule has 0 aromatic carbocycles. The largest absolute Gasteiger partial charge is 0.263 e. The highest BCUT2D eigenvalue weighted by Gasteiger charge is 2.05. The van der Waals surface area contributed by atoms with Crippen LogP contribution in [-0.2, 0) is 12.8 Å². The molecule has 0 aliphatic rings. The van der Waals surface area contributed by atoms with Crippen molar-refractivity contribution in [1.82, 2.24) is 4.98 Å². The van der Waals surface area contributed by atoms with Gasteiger partial charge in [-0.3, -0.25) is 4.98 Å². The molecule has 2 heteroatoms. The lowest BCUT2D eigenvalue weighted by Gasteiger charge is -2.08. The Morgan fingerprint density at radius 3 is 2.46 bits per heavy atom. The molecule has 0 aliphatic carbocycles. The first-order chi connectivity index (χ1) is 6.29. The summed E-state index contributed by atoms with van der Waals surface area (Å²) in [6, 6.07) is 0. The van der Waals surface area contributed by atoms with Crippen molar-refractivity contribution >= 4 is 11.6 Å². The molecule has 0 spiro atoms. The Labute approximate surface area is 85.1 Å². The lowest BCUT2D eigenvalue weighted by molar-refractivity contribution is 0.853. The molecular formula is C11H16ClN. The van der Waals surface area contributed by atoms with Crippen molar-refractivity contribution in [3.63, 3.8) is 0 Å². The maximum absolute atomic E-state index is 6.08. The Hall–Kier alpha value is -0.560. The highest BCUT2D eigenvalue weighted by molar-refractivity contribution is 6.31. The van der Waals surface area contributed by atoms with E-state index in [0.717, 1.165) is 30.7 Å². The monoisotopic (exact) mass is 197 g/mol. The van der Waals surface area contributed by atoms with Gasteiger partial charge in [0.15, 0.2) is 0 Å². The number of aromatic nitrogens is 1. The number of hydrogen-bond acceptors (Lipinski definition) is 1. The minimum absolute atomic E-state index is 0.827. The van der Waals surface area contributed by atoms with Crippen molar-refractivity contribution in [1.29, 1.82) is 0 Å². The van der Waals surface area contributed by atoms with Crippen LogP contribution >= 0.6 is 11.6 Å². The molecule has 0 radical (unpaired) electrons. The Kier molecular flexibility index (Phi) is 4.23. The molecule has 0 unspecified atom stereocenters. The van der Waals surface area contributed by atoms with Crippen molar-refractivity contribution in [3.05, 3.63) is 28.5 Å². The molecule has 1 aromatic heterocycles. The number of aryl methyl sites for hydroxylation is 1. The molecule has 1 nitrogen and oxygen atoms in total. The molecule has 0 atom stereocenters. The molecule has 72 valence electrons. The number of pyridine rings is 1. The highest BCUT2D eigenvalue weighted by Crippen LogP contribution is 2.21. The van der Waals surface area contributed by atoms with Gasteiger partial charge >= 0.3 is 0 Å². The number of nitrogens with zero attached hydrogens (tertiary/aromatic N) is 1. The van der Waals surface area contributed by atoms with E-state index in [-0.39, 0.29) is 0 Å². The number of hydrogen-bond donors (Lipinski definition) is 0. The van der Waals surface area contributed by atoms with Crippen LogP contribution in [0.25, 0.3) is 0 Å².